The summed E-state index contributed by atoms with van der Waals surface area (Å²) in [6.07, 6.45) is 4.82. The number of carbonyl (C=O) groups is 1. The highest BCUT2D eigenvalue weighted by Crippen LogP contribution is 2.39. The van der Waals surface area contributed by atoms with Crippen LogP contribution >= 0.6 is 0 Å². The smallest absolute Gasteiger partial charge is 0.246 e. The molecule has 6 heteroatoms. The van der Waals surface area contributed by atoms with Crippen LogP contribution in [0.4, 0.5) is 5.82 Å². The highest BCUT2D eigenvalue weighted by molar-refractivity contribution is 5.88. The van der Waals surface area contributed by atoms with E-state index in [4.69, 9.17) is 11.5 Å². The van der Waals surface area contributed by atoms with Gasteiger partial charge in [0.2, 0.25) is 5.91 Å². The second kappa shape index (κ2) is 6.63. The van der Waals surface area contributed by atoms with Crippen molar-refractivity contribution in [2.75, 3.05) is 12.3 Å². The summed E-state index contributed by atoms with van der Waals surface area (Å²) in [7, 11) is 0. The lowest BCUT2D eigenvalue weighted by atomic mass is 9.94. The van der Waals surface area contributed by atoms with Crippen LogP contribution < -0.4 is 11.5 Å². The molecule has 3 rings (SSSR count). The number of hydrogen-bond acceptors (Lipinski definition) is 4. The van der Waals surface area contributed by atoms with E-state index in [-0.39, 0.29) is 11.7 Å². The van der Waals surface area contributed by atoms with Gasteiger partial charge in [-0.3, -0.25) is 4.79 Å². The molecule has 1 aromatic heterocycles. The fourth-order valence-electron chi connectivity index (χ4n) is 3.57. The molecule has 1 fully saturated rings. The summed E-state index contributed by atoms with van der Waals surface area (Å²) in [5, 5.41) is 9.96. The zero-order valence-electron chi connectivity index (χ0n) is 14.8. The number of likely N-dealkylation sites (tertiary alicyclic amines) is 1. The van der Waals surface area contributed by atoms with Crippen molar-refractivity contribution >= 4 is 23.5 Å². The standard InChI is InChI=1S/C20H24N4O2/c1-3-18(26)24-10-6-9-20(24,2)17-12-13(19(22)23-17)11-15(21)14-7-4-5-8-16(14)25/h3-5,7-8,11-12,23,25H,1,6,9-10,21-22H2,2H3/b15-11-. The van der Waals surface area contributed by atoms with E-state index in [0.29, 0.717) is 23.6 Å². The fourth-order valence-corrected chi connectivity index (χ4v) is 3.57. The lowest BCUT2D eigenvalue weighted by Crippen LogP contribution is -2.42. The molecular weight excluding hydrogens is 328 g/mol. The van der Waals surface area contributed by atoms with E-state index in [1.807, 2.05) is 17.9 Å². The van der Waals surface area contributed by atoms with E-state index in [2.05, 4.69) is 11.6 Å². The number of hydrogen-bond donors (Lipinski definition) is 4. The van der Waals surface area contributed by atoms with E-state index in [1.54, 1.807) is 30.3 Å². The van der Waals surface area contributed by atoms with Crippen LogP contribution in [-0.2, 0) is 10.3 Å². The van der Waals surface area contributed by atoms with Crippen LogP contribution in [0.2, 0.25) is 0 Å². The number of anilines is 1. The molecule has 1 atom stereocenters. The number of amides is 1. The summed E-state index contributed by atoms with van der Waals surface area (Å²) in [6, 6.07) is 8.78. The predicted octanol–water partition coefficient (Wildman–Crippen LogP) is 2.78. The zero-order chi connectivity index (χ0) is 18.9. The number of aromatic hydroxyl groups is 1. The third-order valence-corrected chi connectivity index (χ3v) is 5.07. The van der Waals surface area contributed by atoms with Crippen molar-refractivity contribution in [3.63, 3.8) is 0 Å². The average Bonchev–Trinajstić information content (AvgIpc) is 3.19. The Morgan fingerprint density at radius 2 is 2.15 bits per heavy atom. The van der Waals surface area contributed by atoms with Gasteiger partial charge in [-0.2, -0.15) is 0 Å². The Hall–Kier alpha value is -3.15. The molecular formula is C20H24N4O2. The van der Waals surface area contributed by atoms with Gasteiger partial charge in [-0.15, -0.1) is 0 Å². The summed E-state index contributed by atoms with van der Waals surface area (Å²) in [6.45, 7) is 6.30. The maximum atomic E-state index is 12.2. The third-order valence-electron chi connectivity index (χ3n) is 5.07. The molecule has 6 N–H and O–H groups in total. The number of benzene rings is 1. The maximum absolute atomic E-state index is 12.2. The zero-order valence-corrected chi connectivity index (χ0v) is 14.8. The maximum Gasteiger partial charge on any atom is 0.246 e. The van der Waals surface area contributed by atoms with Crippen molar-refractivity contribution in [3.05, 3.63) is 59.8 Å². The Balaban J connectivity index is 1.97. The molecule has 1 amide bonds. The van der Waals surface area contributed by atoms with Crippen molar-refractivity contribution < 1.29 is 9.90 Å². The molecule has 26 heavy (non-hydrogen) atoms. The first-order chi connectivity index (χ1) is 12.4. The normalized spacial score (nSPS) is 20.3. The number of nitrogens with two attached hydrogens (primary N) is 2. The Bertz CT molecular complexity index is 884. The number of aromatic amines is 1. The molecule has 0 radical (unpaired) electrons. The van der Waals surface area contributed by atoms with Gasteiger partial charge in [-0.1, -0.05) is 18.7 Å². The second-order valence-electron chi connectivity index (χ2n) is 6.74. The first kappa shape index (κ1) is 17.7. The molecule has 1 aliphatic rings. The quantitative estimate of drug-likeness (QED) is 0.634. The molecule has 2 aromatic rings. The minimum absolute atomic E-state index is 0.0935. The van der Waals surface area contributed by atoms with E-state index >= 15 is 0 Å². The molecule has 0 aliphatic carbocycles. The number of para-hydroxylation sites is 1. The van der Waals surface area contributed by atoms with Crippen LogP contribution in [0.1, 0.15) is 36.6 Å². The van der Waals surface area contributed by atoms with Gasteiger partial charge in [0.25, 0.3) is 0 Å². The Morgan fingerprint density at radius 3 is 2.85 bits per heavy atom. The Morgan fingerprint density at radius 1 is 1.42 bits per heavy atom. The summed E-state index contributed by atoms with van der Waals surface area (Å²) >= 11 is 0. The highest BCUT2D eigenvalue weighted by Gasteiger charge is 2.41. The van der Waals surface area contributed by atoms with Gasteiger partial charge in [0.15, 0.2) is 0 Å². The van der Waals surface area contributed by atoms with Gasteiger partial charge in [-0.05, 0) is 50.1 Å². The van der Waals surface area contributed by atoms with Crippen LogP contribution in [0.3, 0.4) is 0 Å². The summed E-state index contributed by atoms with van der Waals surface area (Å²) < 4.78 is 0. The van der Waals surface area contributed by atoms with E-state index in [0.717, 1.165) is 24.1 Å². The van der Waals surface area contributed by atoms with Crippen molar-refractivity contribution in [3.8, 4) is 5.75 Å². The number of nitrogens with one attached hydrogen (secondary N) is 1. The van der Waals surface area contributed by atoms with Crippen LogP contribution in [0.25, 0.3) is 11.8 Å². The minimum Gasteiger partial charge on any atom is -0.507 e. The second-order valence-corrected chi connectivity index (χ2v) is 6.74. The third kappa shape index (κ3) is 2.94. The molecule has 0 bridgehead atoms. The Labute approximate surface area is 152 Å². The summed E-state index contributed by atoms with van der Waals surface area (Å²) in [4.78, 5) is 17.2. The molecule has 1 saturated heterocycles. The molecule has 6 nitrogen and oxygen atoms in total. The summed E-state index contributed by atoms with van der Waals surface area (Å²) in [5.74, 6) is 0.488. The average molecular weight is 352 g/mol. The van der Waals surface area contributed by atoms with Crippen LogP contribution in [-0.4, -0.2) is 27.4 Å². The van der Waals surface area contributed by atoms with Gasteiger partial charge in [0.1, 0.15) is 11.6 Å². The highest BCUT2D eigenvalue weighted by atomic mass is 16.3. The molecule has 2 heterocycles. The SMILES string of the molecule is C=CC(=O)N1CCCC1(C)c1cc(/C=C(\N)c2ccccc2O)c(N)[nH]1. The minimum atomic E-state index is -0.463. The topological polar surface area (TPSA) is 108 Å². The number of phenolic OH excluding ortho intramolecular Hbond substituents is 1. The van der Waals surface area contributed by atoms with Crippen LogP contribution in [0.5, 0.6) is 5.75 Å². The van der Waals surface area contributed by atoms with Gasteiger partial charge >= 0.3 is 0 Å². The van der Waals surface area contributed by atoms with E-state index < -0.39 is 5.54 Å². The largest absolute Gasteiger partial charge is 0.507 e. The van der Waals surface area contributed by atoms with E-state index in [9.17, 15) is 9.90 Å². The first-order valence-electron chi connectivity index (χ1n) is 8.55. The monoisotopic (exact) mass is 352 g/mol. The van der Waals surface area contributed by atoms with Gasteiger partial charge < -0.3 is 26.5 Å². The molecule has 1 aromatic carbocycles. The van der Waals surface area contributed by atoms with Crippen molar-refractivity contribution in [1.82, 2.24) is 9.88 Å². The number of nitrogen functional groups attached to an aromatic ring is 1. The van der Waals surface area contributed by atoms with Gasteiger partial charge in [-0.25, -0.2) is 0 Å². The van der Waals surface area contributed by atoms with E-state index in [1.165, 1.54) is 6.08 Å². The molecule has 1 unspecified atom stereocenters. The molecule has 1 aliphatic heterocycles. The summed E-state index contributed by atoms with van der Waals surface area (Å²) in [5.41, 5.74) is 14.4. The number of carbonyl (C=O) groups excluding carboxylic acids is 1. The molecule has 0 spiro atoms. The number of H-pyrrole nitrogens is 1. The lowest BCUT2D eigenvalue weighted by molar-refractivity contribution is -0.129. The fraction of sp³-hybridized carbons (Fsp3) is 0.250. The molecule has 0 saturated carbocycles. The predicted molar refractivity (Wildman–Crippen MR) is 104 cm³/mol. The van der Waals surface area contributed by atoms with Crippen LogP contribution in [0, 0.1) is 0 Å². The molecule has 136 valence electrons. The number of phenols is 1. The van der Waals surface area contributed by atoms with Crippen molar-refractivity contribution in [1.29, 1.82) is 0 Å². The van der Waals surface area contributed by atoms with Crippen molar-refractivity contribution in [2.24, 2.45) is 5.73 Å². The van der Waals surface area contributed by atoms with Crippen LogP contribution in [0.15, 0.2) is 43.0 Å². The number of nitrogens with zero attached hydrogens (tertiary/aromatic N) is 1. The first-order valence-corrected chi connectivity index (χ1v) is 8.55. The number of rotatable bonds is 4. The lowest BCUT2D eigenvalue weighted by Gasteiger charge is -2.34. The number of aromatic nitrogens is 1. The van der Waals surface area contributed by atoms with Gasteiger partial charge in [0, 0.05) is 29.1 Å². The van der Waals surface area contributed by atoms with Crippen molar-refractivity contribution in [2.45, 2.75) is 25.3 Å². The van der Waals surface area contributed by atoms with Gasteiger partial charge in [0.05, 0.1) is 5.54 Å². The Kier molecular flexibility index (Phi) is 4.50.